The summed E-state index contributed by atoms with van der Waals surface area (Å²) >= 11 is 3.08. The minimum atomic E-state index is -4.42. The average molecular weight is 467 g/mol. The van der Waals surface area contributed by atoms with E-state index in [0.29, 0.717) is 37.1 Å². The lowest BCUT2D eigenvalue weighted by Crippen LogP contribution is -2.53. The molecule has 0 unspecified atom stereocenters. The fourth-order valence-corrected chi connectivity index (χ4v) is 2.95. The predicted octanol–water partition coefficient (Wildman–Crippen LogP) is 3.70. The lowest BCUT2D eigenvalue weighted by atomic mass is 10.1. The minimum absolute atomic E-state index is 0. The summed E-state index contributed by atoms with van der Waals surface area (Å²) < 4.78 is 40.0. The Morgan fingerprint density at radius 3 is 2.28 bits per heavy atom. The van der Waals surface area contributed by atoms with Crippen molar-refractivity contribution in [3.8, 4) is 0 Å². The number of hydrogen-bond acceptors (Lipinski definition) is 3. The molecular formula is C15H21BrCl2F3N3O. The molecule has 10 heteroatoms. The topological polar surface area (TPSA) is 49.6 Å². The van der Waals surface area contributed by atoms with Gasteiger partial charge in [-0.2, -0.15) is 13.2 Å². The van der Waals surface area contributed by atoms with Gasteiger partial charge < -0.3 is 15.5 Å². The van der Waals surface area contributed by atoms with Crippen molar-refractivity contribution in [1.29, 1.82) is 0 Å². The first-order chi connectivity index (χ1) is 10.7. The number of piperazine rings is 1. The summed E-state index contributed by atoms with van der Waals surface area (Å²) in [5, 5.41) is 0. The number of amides is 1. The maximum Gasteiger partial charge on any atom is 0.418 e. The molecule has 25 heavy (non-hydrogen) atoms. The average Bonchev–Trinajstić information content (AvgIpc) is 2.52. The van der Waals surface area contributed by atoms with Gasteiger partial charge in [0.25, 0.3) is 0 Å². The number of carbonyl (C=O) groups excluding carboxylic acids is 1. The molecule has 144 valence electrons. The van der Waals surface area contributed by atoms with Gasteiger partial charge in [0.05, 0.1) is 11.6 Å². The Labute approximate surface area is 165 Å². The number of nitrogens with two attached hydrogens (primary N) is 1. The third-order valence-corrected chi connectivity index (χ3v) is 4.45. The normalized spacial score (nSPS) is 15.9. The largest absolute Gasteiger partial charge is 0.418 e. The zero-order valence-corrected chi connectivity index (χ0v) is 16.8. The molecule has 2 N–H and O–H groups in total. The Morgan fingerprint density at radius 2 is 1.80 bits per heavy atom. The summed E-state index contributed by atoms with van der Waals surface area (Å²) in [5.74, 6) is -0.140. The molecule has 4 nitrogen and oxygen atoms in total. The van der Waals surface area contributed by atoms with E-state index in [1.54, 1.807) is 15.9 Å². The zero-order chi connectivity index (χ0) is 17.2. The molecule has 0 spiro atoms. The van der Waals surface area contributed by atoms with Gasteiger partial charge in [0.2, 0.25) is 5.91 Å². The lowest BCUT2D eigenvalue weighted by molar-refractivity contribution is -0.137. The third kappa shape index (κ3) is 5.91. The number of hydrogen-bond donors (Lipinski definition) is 1. The Bertz CT molecular complexity index is 582. The van der Waals surface area contributed by atoms with E-state index < -0.39 is 17.8 Å². The van der Waals surface area contributed by atoms with Crippen molar-refractivity contribution in [2.75, 3.05) is 31.1 Å². The minimum Gasteiger partial charge on any atom is -0.367 e. The Kier molecular flexibility index (Phi) is 9.57. The molecule has 1 aromatic rings. The molecule has 1 aliphatic rings. The number of nitrogens with zero attached hydrogens (tertiary/aromatic N) is 2. The van der Waals surface area contributed by atoms with Crippen LogP contribution in [0.4, 0.5) is 18.9 Å². The fourth-order valence-electron chi connectivity index (χ4n) is 2.59. The van der Waals surface area contributed by atoms with Gasteiger partial charge in [-0.15, -0.1) is 24.8 Å². The van der Waals surface area contributed by atoms with Gasteiger partial charge in [-0.3, -0.25) is 4.79 Å². The van der Waals surface area contributed by atoms with Crippen LogP contribution in [-0.4, -0.2) is 43.0 Å². The van der Waals surface area contributed by atoms with Crippen molar-refractivity contribution in [2.45, 2.75) is 25.6 Å². The van der Waals surface area contributed by atoms with Gasteiger partial charge >= 0.3 is 6.18 Å². The van der Waals surface area contributed by atoms with E-state index in [-0.39, 0.29) is 36.4 Å². The molecule has 2 rings (SSSR count). The van der Waals surface area contributed by atoms with Crippen LogP contribution < -0.4 is 10.6 Å². The van der Waals surface area contributed by atoms with E-state index in [4.69, 9.17) is 5.73 Å². The molecule has 1 fully saturated rings. The van der Waals surface area contributed by atoms with Crippen molar-refractivity contribution in [1.82, 2.24) is 4.90 Å². The molecule has 0 aromatic heterocycles. The van der Waals surface area contributed by atoms with E-state index in [0.717, 1.165) is 6.07 Å². The molecule has 1 amide bonds. The monoisotopic (exact) mass is 465 g/mol. The summed E-state index contributed by atoms with van der Waals surface area (Å²) in [7, 11) is 0. The summed E-state index contributed by atoms with van der Waals surface area (Å²) in [5.41, 5.74) is 5.21. The van der Waals surface area contributed by atoms with Crippen LogP contribution in [0.3, 0.4) is 0 Å². The first kappa shape index (κ1) is 24.3. The van der Waals surface area contributed by atoms with E-state index >= 15 is 0 Å². The Balaban J connectivity index is 0.00000288. The fraction of sp³-hybridized carbons (Fsp3) is 0.533. The summed E-state index contributed by atoms with van der Waals surface area (Å²) in [6, 6.07) is 3.59. The van der Waals surface area contributed by atoms with Gasteiger partial charge in [0.1, 0.15) is 0 Å². The van der Waals surface area contributed by atoms with Crippen LogP contribution in [0.15, 0.2) is 22.7 Å². The number of carbonyl (C=O) groups is 1. The first-order valence-corrected chi connectivity index (χ1v) is 8.19. The number of anilines is 1. The first-order valence-electron chi connectivity index (χ1n) is 7.40. The molecular weight excluding hydrogens is 446 g/mol. The smallest absolute Gasteiger partial charge is 0.367 e. The van der Waals surface area contributed by atoms with Crippen LogP contribution in [0.5, 0.6) is 0 Å². The van der Waals surface area contributed by atoms with E-state index in [1.165, 1.54) is 6.07 Å². The molecule has 0 bridgehead atoms. The van der Waals surface area contributed by atoms with Crippen LogP contribution >= 0.6 is 40.7 Å². The van der Waals surface area contributed by atoms with Crippen LogP contribution in [0, 0.1) is 0 Å². The molecule has 1 aliphatic heterocycles. The van der Waals surface area contributed by atoms with Crippen molar-refractivity contribution < 1.29 is 18.0 Å². The predicted molar refractivity (Wildman–Crippen MR) is 101 cm³/mol. The highest BCUT2D eigenvalue weighted by molar-refractivity contribution is 9.10. The van der Waals surface area contributed by atoms with Gasteiger partial charge in [-0.25, -0.2) is 0 Å². The standard InChI is InChI=1S/C15H19BrF3N3O.2ClH/c1-2-12(20)14(23)22-7-5-21(6-8-22)13-4-3-10(16)9-11(13)15(17,18)19;;/h3-4,9,12H,2,5-8,20H2,1H3;2*1H/t12-;;/m0../s1. The number of rotatable bonds is 3. The maximum atomic E-state index is 13.2. The van der Waals surface area contributed by atoms with Crippen molar-refractivity contribution in [2.24, 2.45) is 5.73 Å². The summed E-state index contributed by atoms with van der Waals surface area (Å²) in [4.78, 5) is 15.3. The van der Waals surface area contributed by atoms with E-state index in [1.807, 2.05) is 6.92 Å². The molecule has 1 saturated heterocycles. The Hall–Kier alpha value is -0.700. The van der Waals surface area contributed by atoms with Crippen molar-refractivity contribution in [3.63, 3.8) is 0 Å². The van der Waals surface area contributed by atoms with Crippen molar-refractivity contribution in [3.05, 3.63) is 28.2 Å². The Morgan fingerprint density at radius 1 is 1.24 bits per heavy atom. The van der Waals surface area contributed by atoms with Crippen LogP contribution in [0.1, 0.15) is 18.9 Å². The second-order valence-electron chi connectivity index (χ2n) is 5.49. The molecule has 1 atom stereocenters. The van der Waals surface area contributed by atoms with Crippen LogP contribution in [-0.2, 0) is 11.0 Å². The summed E-state index contributed by atoms with van der Waals surface area (Å²) in [6.45, 7) is 3.29. The molecule has 0 saturated carbocycles. The van der Waals surface area contributed by atoms with Crippen LogP contribution in [0.25, 0.3) is 0 Å². The van der Waals surface area contributed by atoms with Gasteiger partial charge in [-0.1, -0.05) is 22.9 Å². The molecule has 1 heterocycles. The highest BCUT2D eigenvalue weighted by atomic mass is 79.9. The summed E-state index contributed by atoms with van der Waals surface area (Å²) in [6.07, 6.45) is -3.87. The van der Waals surface area contributed by atoms with Gasteiger partial charge in [0.15, 0.2) is 0 Å². The van der Waals surface area contributed by atoms with E-state index in [2.05, 4.69) is 15.9 Å². The lowest BCUT2D eigenvalue weighted by Gasteiger charge is -2.38. The van der Waals surface area contributed by atoms with Crippen molar-refractivity contribution >= 4 is 52.3 Å². The highest BCUT2D eigenvalue weighted by Gasteiger charge is 2.36. The maximum absolute atomic E-state index is 13.2. The SMILES string of the molecule is CC[C@H](N)C(=O)N1CCN(c2ccc(Br)cc2C(F)(F)F)CC1.Cl.Cl. The third-order valence-electron chi connectivity index (χ3n) is 3.95. The van der Waals surface area contributed by atoms with E-state index in [9.17, 15) is 18.0 Å². The van der Waals surface area contributed by atoms with Gasteiger partial charge in [-0.05, 0) is 24.6 Å². The second-order valence-corrected chi connectivity index (χ2v) is 6.40. The number of alkyl halides is 3. The second kappa shape index (κ2) is 9.85. The quantitative estimate of drug-likeness (QED) is 0.738. The van der Waals surface area contributed by atoms with Gasteiger partial charge in [0, 0.05) is 36.3 Å². The highest BCUT2D eigenvalue weighted by Crippen LogP contribution is 2.38. The number of halogens is 6. The number of benzene rings is 1. The molecule has 0 radical (unpaired) electrons. The zero-order valence-electron chi connectivity index (χ0n) is 13.6. The molecule has 0 aliphatic carbocycles. The van der Waals surface area contributed by atoms with Crippen LogP contribution in [0.2, 0.25) is 0 Å². The molecule has 1 aromatic carbocycles.